The molecule has 1 aliphatic heterocycles. The highest BCUT2D eigenvalue weighted by molar-refractivity contribution is 5.95. The van der Waals surface area contributed by atoms with Gasteiger partial charge in [-0.25, -0.2) is 0 Å². The molecule has 19 heavy (non-hydrogen) atoms. The maximum Gasteiger partial charge on any atom is 0.270 e. The number of morpholine rings is 1. The summed E-state index contributed by atoms with van der Waals surface area (Å²) < 4.78 is 5.17. The molecule has 1 amide bonds. The molecule has 1 aromatic carbocycles. The van der Waals surface area contributed by atoms with E-state index in [1.54, 1.807) is 11.0 Å². The molecule has 0 unspecified atom stereocenters. The van der Waals surface area contributed by atoms with Crippen molar-refractivity contribution < 1.29 is 14.5 Å². The van der Waals surface area contributed by atoms with Crippen molar-refractivity contribution in [1.82, 2.24) is 4.90 Å². The second-order valence-electron chi connectivity index (χ2n) is 4.18. The molecule has 0 radical (unpaired) electrons. The molecule has 0 N–H and O–H groups in total. The zero-order valence-corrected chi connectivity index (χ0v) is 10.4. The summed E-state index contributed by atoms with van der Waals surface area (Å²) >= 11 is 0. The van der Waals surface area contributed by atoms with Gasteiger partial charge in [0.25, 0.3) is 11.6 Å². The van der Waals surface area contributed by atoms with Crippen LogP contribution in [0.5, 0.6) is 0 Å². The van der Waals surface area contributed by atoms with Crippen molar-refractivity contribution in [2.45, 2.75) is 0 Å². The molecule has 0 spiro atoms. The topological polar surface area (TPSA) is 72.7 Å². The van der Waals surface area contributed by atoms with Crippen LogP contribution in [0.2, 0.25) is 0 Å². The molecule has 1 heterocycles. The van der Waals surface area contributed by atoms with Gasteiger partial charge >= 0.3 is 0 Å². The van der Waals surface area contributed by atoms with Crippen LogP contribution in [-0.4, -0.2) is 42.0 Å². The van der Waals surface area contributed by atoms with Crippen LogP contribution < -0.4 is 0 Å². The van der Waals surface area contributed by atoms with Crippen molar-refractivity contribution in [1.29, 1.82) is 0 Å². The molecule has 1 fully saturated rings. The number of amides is 1. The van der Waals surface area contributed by atoms with Gasteiger partial charge in [0, 0.05) is 30.8 Å². The maximum absolute atomic E-state index is 12.3. The molecule has 0 atom stereocenters. The number of carbonyl (C=O) groups is 1. The van der Waals surface area contributed by atoms with E-state index in [1.807, 2.05) is 0 Å². The van der Waals surface area contributed by atoms with Crippen LogP contribution in [-0.2, 0) is 4.74 Å². The minimum atomic E-state index is -0.511. The summed E-state index contributed by atoms with van der Waals surface area (Å²) in [6.45, 7) is 5.58. The molecule has 0 aromatic heterocycles. The Morgan fingerprint density at radius 3 is 2.63 bits per heavy atom. The quantitative estimate of drug-likeness (QED) is 0.614. The Morgan fingerprint density at radius 1 is 1.37 bits per heavy atom. The summed E-state index contributed by atoms with van der Waals surface area (Å²) in [6, 6.07) is 4.30. The van der Waals surface area contributed by atoms with Gasteiger partial charge in [-0.15, -0.1) is 0 Å². The summed E-state index contributed by atoms with van der Waals surface area (Å²) in [5.41, 5.74) is 0.769. The molecule has 1 aliphatic rings. The van der Waals surface area contributed by atoms with Crippen LogP contribution in [0.1, 0.15) is 15.9 Å². The fourth-order valence-corrected chi connectivity index (χ4v) is 1.93. The predicted molar refractivity (Wildman–Crippen MR) is 69.9 cm³/mol. The number of hydrogen-bond donors (Lipinski definition) is 0. The van der Waals surface area contributed by atoms with Gasteiger partial charge in [0.1, 0.15) is 0 Å². The van der Waals surface area contributed by atoms with Gasteiger partial charge < -0.3 is 9.64 Å². The minimum absolute atomic E-state index is 0.103. The van der Waals surface area contributed by atoms with E-state index in [4.69, 9.17) is 4.74 Å². The number of nitro groups is 1. The lowest BCUT2D eigenvalue weighted by Gasteiger charge is -2.26. The highest BCUT2D eigenvalue weighted by Gasteiger charge is 2.21. The number of ether oxygens (including phenoxy) is 1. The van der Waals surface area contributed by atoms with E-state index in [9.17, 15) is 14.9 Å². The Balaban J connectivity index is 2.32. The predicted octanol–water partition coefficient (Wildman–Crippen LogP) is 1.71. The van der Waals surface area contributed by atoms with Crippen molar-refractivity contribution >= 4 is 17.7 Å². The third kappa shape index (κ3) is 2.97. The smallest absolute Gasteiger partial charge is 0.270 e. The lowest BCUT2D eigenvalue weighted by atomic mass is 10.1. The fraction of sp³-hybridized carbons (Fsp3) is 0.308. The molecular formula is C13H14N2O4. The Bertz CT molecular complexity index is 521. The second-order valence-corrected chi connectivity index (χ2v) is 4.18. The molecule has 1 saturated heterocycles. The zero-order chi connectivity index (χ0) is 13.8. The third-order valence-electron chi connectivity index (χ3n) is 2.93. The standard InChI is InChI=1S/C13H14N2O4/c1-2-10-7-11(9-12(8-10)15(17)18)13(16)14-3-5-19-6-4-14/h2,7-9H,1,3-6H2. The van der Waals surface area contributed by atoms with Crippen LogP contribution in [0.3, 0.4) is 0 Å². The van der Waals surface area contributed by atoms with E-state index >= 15 is 0 Å². The molecule has 6 nitrogen and oxygen atoms in total. The monoisotopic (exact) mass is 262 g/mol. The maximum atomic E-state index is 12.3. The molecule has 6 heteroatoms. The van der Waals surface area contributed by atoms with E-state index in [0.29, 0.717) is 37.4 Å². The Hall–Kier alpha value is -2.21. The van der Waals surface area contributed by atoms with Crippen LogP contribution in [0, 0.1) is 10.1 Å². The van der Waals surface area contributed by atoms with Gasteiger partial charge in [-0.2, -0.15) is 0 Å². The summed E-state index contributed by atoms with van der Waals surface area (Å²) in [5, 5.41) is 10.8. The van der Waals surface area contributed by atoms with Gasteiger partial charge in [0.15, 0.2) is 0 Å². The number of benzene rings is 1. The lowest BCUT2D eigenvalue weighted by molar-refractivity contribution is -0.384. The second kappa shape index (κ2) is 5.62. The van der Waals surface area contributed by atoms with Crippen molar-refractivity contribution in [3.8, 4) is 0 Å². The number of nitrogens with zero attached hydrogens (tertiary/aromatic N) is 2. The van der Waals surface area contributed by atoms with Crippen molar-refractivity contribution in [2.75, 3.05) is 26.3 Å². The van der Waals surface area contributed by atoms with Crippen molar-refractivity contribution in [3.05, 3.63) is 46.0 Å². The number of nitro benzene ring substituents is 1. The van der Waals surface area contributed by atoms with E-state index in [1.165, 1.54) is 18.2 Å². The van der Waals surface area contributed by atoms with E-state index < -0.39 is 4.92 Å². The summed E-state index contributed by atoms with van der Waals surface area (Å²) in [4.78, 5) is 24.2. The molecule has 100 valence electrons. The number of carbonyl (C=O) groups excluding carboxylic acids is 1. The van der Waals surface area contributed by atoms with E-state index in [2.05, 4.69) is 6.58 Å². The number of non-ortho nitro benzene ring substituents is 1. The first kappa shape index (κ1) is 13.2. The Labute approximate surface area is 110 Å². The average Bonchev–Trinajstić information content (AvgIpc) is 2.46. The number of rotatable bonds is 3. The van der Waals surface area contributed by atoms with Gasteiger partial charge in [0.05, 0.1) is 18.1 Å². The van der Waals surface area contributed by atoms with Crippen molar-refractivity contribution in [2.24, 2.45) is 0 Å². The highest BCUT2D eigenvalue weighted by atomic mass is 16.6. The third-order valence-corrected chi connectivity index (χ3v) is 2.93. The van der Waals surface area contributed by atoms with Crippen LogP contribution in [0.15, 0.2) is 24.8 Å². The van der Waals surface area contributed by atoms with E-state index in [-0.39, 0.29) is 11.6 Å². The van der Waals surface area contributed by atoms with Gasteiger partial charge in [-0.3, -0.25) is 14.9 Å². The Kier molecular flexibility index (Phi) is 3.91. The van der Waals surface area contributed by atoms with E-state index in [0.717, 1.165) is 0 Å². The zero-order valence-electron chi connectivity index (χ0n) is 10.4. The lowest BCUT2D eigenvalue weighted by Crippen LogP contribution is -2.40. The van der Waals surface area contributed by atoms with Crippen LogP contribution in [0.25, 0.3) is 6.08 Å². The molecule has 0 bridgehead atoms. The first-order valence-electron chi connectivity index (χ1n) is 5.91. The molecule has 0 saturated carbocycles. The first-order chi connectivity index (χ1) is 9.11. The fourth-order valence-electron chi connectivity index (χ4n) is 1.93. The largest absolute Gasteiger partial charge is 0.378 e. The molecule has 0 aliphatic carbocycles. The minimum Gasteiger partial charge on any atom is -0.378 e. The normalized spacial score (nSPS) is 15.1. The average molecular weight is 262 g/mol. The highest BCUT2D eigenvalue weighted by Crippen LogP contribution is 2.19. The molecular weight excluding hydrogens is 248 g/mol. The number of hydrogen-bond acceptors (Lipinski definition) is 4. The molecule has 1 aromatic rings. The first-order valence-corrected chi connectivity index (χ1v) is 5.91. The molecule has 2 rings (SSSR count). The summed E-state index contributed by atoms with van der Waals surface area (Å²) in [5.74, 6) is -0.213. The Morgan fingerprint density at radius 2 is 2.05 bits per heavy atom. The SMILES string of the molecule is C=Cc1cc(C(=O)N2CCOCC2)cc([N+](=O)[O-])c1. The van der Waals surface area contributed by atoms with Gasteiger partial charge in [-0.05, 0) is 11.6 Å². The van der Waals surface area contributed by atoms with Gasteiger partial charge in [0.2, 0.25) is 0 Å². The summed E-state index contributed by atoms with van der Waals surface area (Å²) in [7, 11) is 0. The van der Waals surface area contributed by atoms with Gasteiger partial charge in [-0.1, -0.05) is 12.7 Å². The summed E-state index contributed by atoms with van der Waals surface area (Å²) in [6.07, 6.45) is 1.49. The van der Waals surface area contributed by atoms with Crippen LogP contribution in [0.4, 0.5) is 5.69 Å². The van der Waals surface area contributed by atoms with Crippen molar-refractivity contribution in [3.63, 3.8) is 0 Å². The van der Waals surface area contributed by atoms with Crippen LogP contribution >= 0.6 is 0 Å².